The van der Waals surface area contributed by atoms with Crippen LogP contribution in [0.4, 0.5) is 0 Å². The third kappa shape index (κ3) is 61.2. The molecule has 0 amide bonds. The zero-order chi connectivity index (χ0) is 55.0. The quantitative estimate of drug-likeness (QED) is 0.0261. The highest BCUT2D eigenvalue weighted by Gasteiger charge is 2.19. The monoisotopic (exact) mass is 1060 g/mol. The number of carbonyl (C=O) groups excluding carboxylic acids is 3. The van der Waals surface area contributed by atoms with Gasteiger partial charge in [-0.25, -0.2) is 0 Å². The van der Waals surface area contributed by atoms with Crippen LogP contribution in [-0.2, 0) is 28.6 Å². The molecule has 0 aliphatic heterocycles. The Labute approximate surface area is 470 Å². The highest BCUT2D eigenvalue weighted by molar-refractivity contribution is 5.71. The lowest BCUT2D eigenvalue weighted by Gasteiger charge is -2.18. The minimum Gasteiger partial charge on any atom is -0.462 e. The second-order valence-corrected chi connectivity index (χ2v) is 21.3. The minimum absolute atomic E-state index is 0.104. The van der Waals surface area contributed by atoms with Crippen LogP contribution in [0.25, 0.3) is 0 Å². The number of carbonyl (C=O) groups is 3. The van der Waals surface area contributed by atoms with Crippen LogP contribution >= 0.6 is 0 Å². The van der Waals surface area contributed by atoms with Crippen LogP contribution in [0.15, 0.2) is 97.2 Å². The maximum Gasteiger partial charge on any atom is 0.306 e. The largest absolute Gasteiger partial charge is 0.462 e. The van der Waals surface area contributed by atoms with Crippen molar-refractivity contribution in [2.45, 2.75) is 316 Å². The molecule has 6 nitrogen and oxygen atoms in total. The highest BCUT2D eigenvalue weighted by Crippen LogP contribution is 2.17. The number of ether oxygens (including phenoxy) is 3. The Bertz CT molecular complexity index is 1490. The summed E-state index contributed by atoms with van der Waals surface area (Å²) in [6.07, 6.45) is 85.8. The van der Waals surface area contributed by atoms with E-state index in [1.165, 1.54) is 148 Å². The molecule has 0 aromatic heterocycles. The van der Waals surface area contributed by atoms with Crippen LogP contribution in [0.1, 0.15) is 310 Å². The van der Waals surface area contributed by atoms with Gasteiger partial charge in [0.2, 0.25) is 0 Å². The van der Waals surface area contributed by atoms with Gasteiger partial charge in [0.15, 0.2) is 6.10 Å². The van der Waals surface area contributed by atoms with Crippen LogP contribution in [0.3, 0.4) is 0 Å². The first-order chi connectivity index (χ1) is 37.5. The molecule has 0 spiro atoms. The Balaban J connectivity index is 4.34. The molecule has 0 radical (unpaired) electrons. The molecule has 436 valence electrons. The highest BCUT2D eigenvalue weighted by atomic mass is 16.6. The fourth-order valence-electron chi connectivity index (χ4n) is 9.08. The minimum atomic E-state index is -0.815. The van der Waals surface area contributed by atoms with Crippen molar-refractivity contribution in [2.24, 2.45) is 0 Å². The van der Waals surface area contributed by atoms with E-state index in [0.29, 0.717) is 19.3 Å². The number of rotatable bonds is 58. The molecular weight excluding hydrogens is 937 g/mol. The summed E-state index contributed by atoms with van der Waals surface area (Å²) in [7, 11) is 0. The third-order valence-electron chi connectivity index (χ3n) is 13.8. The predicted molar refractivity (Wildman–Crippen MR) is 330 cm³/mol. The predicted octanol–water partition coefficient (Wildman–Crippen LogP) is 22.0. The molecule has 0 aromatic rings. The molecule has 0 aliphatic carbocycles. The zero-order valence-corrected chi connectivity index (χ0v) is 50.0. The smallest absolute Gasteiger partial charge is 0.306 e. The molecule has 1 atom stereocenters. The van der Waals surface area contributed by atoms with E-state index in [4.69, 9.17) is 14.2 Å². The van der Waals surface area contributed by atoms with Crippen molar-refractivity contribution in [3.63, 3.8) is 0 Å². The van der Waals surface area contributed by atoms with Gasteiger partial charge in [-0.3, -0.25) is 14.4 Å². The first-order valence-electron chi connectivity index (χ1n) is 32.2. The lowest BCUT2D eigenvalue weighted by atomic mass is 10.0. The molecule has 0 N–H and O–H groups in total. The molecule has 1 unspecified atom stereocenters. The van der Waals surface area contributed by atoms with Crippen molar-refractivity contribution in [1.29, 1.82) is 0 Å². The molecule has 0 saturated carbocycles. The van der Waals surface area contributed by atoms with Gasteiger partial charge in [0.1, 0.15) is 13.2 Å². The summed E-state index contributed by atoms with van der Waals surface area (Å²) in [6.45, 7) is 6.39. The lowest BCUT2D eigenvalue weighted by molar-refractivity contribution is -0.167. The van der Waals surface area contributed by atoms with Gasteiger partial charge in [0, 0.05) is 19.3 Å². The summed E-state index contributed by atoms with van der Waals surface area (Å²) in [6, 6.07) is 0. The standard InChI is InChI=1S/C70H120O6/c1-4-7-10-13-16-19-22-25-28-30-31-32-33-34-35-36-37-38-40-42-45-48-51-54-57-60-63-69(72)75-66-67(65-74-68(71)62-59-56-53-50-47-44-41-27-24-21-18-15-12-9-6-3)76-70(73)64-61-58-55-52-49-46-43-39-29-26-23-20-17-14-11-8-5-2/h8-9,11-12,17-18,20-21,26-27,29,41,43,46,52,55,67H,4-7,10,13-16,19,22-25,28,30-40,42,44-45,47-51,53-54,56-66H2,1-3H3/b11-8-,12-9-,20-17-,21-18-,29-26-,41-27-,46-43-,55-52-. The van der Waals surface area contributed by atoms with Gasteiger partial charge in [0.25, 0.3) is 0 Å². The first-order valence-corrected chi connectivity index (χ1v) is 32.2. The third-order valence-corrected chi connectivity index (χ3v) is 13.8. The normalized spacial score (nSPS) is 12.7. The summed E-state index contributed by atoms with van der Waals surface area (Å²) in [5, 5.41) is 0. The molecule has 0 aliphatic rings. The first kappa shape index (κ1) is 72.3. The van der Waals surface area contributed by atoms with Crippen molar-refractivity contribution in [2.75, 3.05) is 13.2 Å². The van der Waals surface area contributed by atoms with Crippen LogP contribution < -0.4 is 0 Å². The van der Waals surface area contributed by atoms with Gasteiger partial charge < -0.3 is 14.2 Å². The molecular formula is C70H120O6. The zero-order valence-electron chi connectivity index (χ0n) is 50.0. The van der Waals surface area contributed by atoms with Crippen LogP contribution in [0.2, 0.25) is 0 Å². The average molecular weight is 1060 g/mol. The number of esters is 3. The fraction of sp³-hybridized carbons (Fsp3) is 0.729. The molecule has 0 fully saturated rings. The van der Waals surface area contributed by atoms with Crippen molar-refractivity contribution < 1.29 is 28.6 Å². The summed E-state index contributed by atoms with van der Waals surface area (Å²) in [4.78, 5) is 38.3. The number of allylic oxidation sites excluding steroid dienone is 16. The second-order valence-electron chi connectivity index (χ2n) is 21.3. The van der Waals surface area contributed by atoms with E-state index in [1.54, 1.807) is 0 Å². The topological polar surface area (TPSA) is 78.9 Å². The number of unbranched alkanes of at least 4 members (excludes halogenated alkanes) is 31. The maximum atomic E-state index is 12.9. The van der Waals surface area contributed by atoms with E-state index in [9.17, 15) is 14.4 Å². The fourth-order valence-corrected chi connectivity index (χ4v) is 9.08. The summed E-state index contributed by atoms with van der Waals surface area (Å²) in [5.41, 5.74) is 0. The van der Waals surface area contributed by atoms with Gasteiger partial charge >= 0.3 is 17.9 Å². The van der Waals surface area contributed by atoms with E-state index in [1.807, 2.05) is 0 Å². The Morgan fingerprint density at radius 2 is 0.526 bits per heavy atom. The van der Waals surface area contributed by atoms with Gasteiger partial charge in [-0.2, -0.15) is 0 Å². The molecule has 0 heterocycles. The lowest BCUT2D eigenvalue weighted by Crippen LogP contribution is -2.30. The summed E-state index contributed by atoms with van der Waals surface area (Å²) >= 11 is 0. The van der Waals surface area contributed by atoms with Gasteiger partial charge in [-0.05, 0) is 89.9 Å². The Morgan fingerprint density at radius 1 is 0.276 bits per heavy atom. The van der Waals surface area contributed by atoms with E-state index in [0.717, 1.165) is 116 Å². The van der Waals surface area contributed by atoms with Gasteiger partial charge in [-0.15, -0.1) is 0 Å². The van der Waals surface area contributed by atoms with E-state index in [-0.39, 0.29) is 37.5 Å². The Kier molecular flexibility index (Phi) is 60.8. The van der Waals surface area contributed by atoms with Crippen LogP contribution in [0, 0.1) is 0 Å². The summed E-state index contributed by atoms with van der Waals surface area (Å²) in [5.74, 6) is -0.971. The Hall–Kier alpha value is -3.67. The van der Waals surface area contributed by atoms with Crippen molar-refractivity contribution in [1.82, 2.24) is 0 Å². The number of hydrogen-bond donors (Lipinski definition) is 0. The molecule has 0 aromatic carbocycles. The Morgan fingerprint density at radius 3 is 0.842 bits per heavy atom. The van der Waals surface area contributed by atoms with Crippen molar-refractivity contribution >= 4 is 17.9 Å². The molecule has 76 heavy (non-hydrogen) atoms. The van der Waals surface area contributed by atoms with Gasteiger partial charge in [0.05, 0.1) is 0 Å². The second kappa shape index (κ2) is 63.9. The summed E-state index contributed by atoms with van der Waals surface area (Å²) < 4.78 is 16.9. The van der Waals surface area contributed by atoms with Crippen molar-refractivity contribution in [3.8, 4) is 0 Å². The average Bonchev–Trinajstić information content (AvgIpc) is 3.42. The molecule has 0 bridgehead atoms. The van der Waals surface area contributed by atoms with E-state index < -0.39 is 6.10 Å². The van der Waals surface area contributed by atoms with Crippen LogP contribution in [-0.4, -0.2) is 37.2 Å². The molecule has 6 heteroatoms. The SMILES string of the molecule is CC/C=C\C/C=C\C/C=C\C/C=C\C/C=C\CCCC(=O)OC(COC(=O)CCCCCCC/C=C\C/C=C\C/C=C\CC)COC(=O)CCCCCCCCCCCCCCCCCCCCCCCCCCCC. The van der Waals surface area contributed by atoms with Crippen LogP contribution in [0.5, 0.6) is 0 Å². The molecule has 0 rings (SSSR count). The van der Waals surface area contributed by atoms with E-state index >= 15 is 0 Å². The van der Waals surface area contributed by atoms with E-state index in [2.05, 4.69) is 118 Å². The molecule has 0 saturated heterocycles. The number of hydrogen-bond acceptors (Lipinski definition) is 6. The van der Waals surface area contributed by atoms with Crippen molar-refractivity contribution in [3.05, 3.63) is 97.2 Å². The van der Waals surface area contributed by atoms with Gasteiger partial charge in [-0.1, -0.05) is 298 Å². The maximum absolute atomic E-state index is 12.9.